The molecule has 3 N–H and O–H groups in total. The topological polar surface area (TPSA) is 48.0 Å². The van der Waals surface area contributed by atoms with Crippen LogP contribution in [-0.4, -0.2) is 16.1 Å². The van der Waals surface area contributed by atoms with Gasteiger partial charge in [0.05, 0.1) is 0 Å². The van der Waals surface area contributed by atoms with Gasteiger partial charge in [-0.1, -0.05) is 30.3 Å². The van der Waals surface area contributed by atoms with Crippen molar-refractivity contribution in [3.8, 4) is 5.75 Å². The number of phenolic OH excluding ortho intramolecular Hbond substituents is 1. The van der Waals surface area contributed by atoms with Crippen molar-refractivity contribution >= 4 is 10.9 Å². The minimum absolute atomic E-state index is 0.328. The van der Waals surface area contributed by atoms with Gasteiger partial charge in [0.1, 0.15) is 5.75 Å². The van der Waals surface area contributed by atoms with Crippen molar-refractivity contribution in [3.05, 3.63) is 65.4 Å². The molecule has 3 nitrogen and oxygen atoms in total. The van der Waals surface area contributed by atoms with Crippen LogP contribution in [0.25, 0.3) is 10.9 Å². The Kier molecular flexibility index (Phi) is 4.03. The number of fused-ring (bicyclic) bond motifs is 3. The van der Waals surface area contributed by atoms with E-state index in [4.69, 9.17) is 0 Å². The Morgan fingerprint density at radius 1 is 1.17 bits per heavy atom. The Bertz CT molecular complexity index is 835. The number of aromatic hydroxyl groups is 1. The highest BCUT2D eigenvalue weighted by Crippen LogP contribution is 2.34. The lowest BCUT2D eigenvalue weighted by atomic mass is 9.91. The van der Waals surface area contributed by atoms with Crippen LogP contribution in [-0.2, 0) is 12.8 Å². The first-order chi connectivity index (χ1) is 11.7. The largest absolute Gasteiger partial charge is 0.508 e. The molecule has 0 aliphatic heterocycles. The van der Waals surface area contributed by atoms with Crippen LogP contribution in [0.4, 0.5) is 0 Å². The van der Waals surface area contributed by atoms with Gasteiger partial charge in [0.2, 0.25) is 0 Å². The lowest BCUT2D eigenvalue weighted by Crippen LogP contribution is -2.34. The summed E-state index contributed by atoms with van der Waals surface area (Å²) in [5.41, 5.74) is 5.37. The maximum Gasteiger partial charge on any atom is 0.115 e. The lowest BCUT2D eigenvalue weighted by Gasteiger charge is -2.27. The van der Waals surface area contributed by atoms with E-state index in [0.29, 0.717) is 17.8 Å². The number of hydrogen-bond donors (Lipinski definition) is 3. The van der Waals surface area contributed by atoms with Gasteiger partial charge in [0.15, 0.2) is 0 Å². The number of aryl methyl sites for hydroxylation is 1. The van der Waals surface area contributed by atoms with Crippen LogP contribution in [0.3, 0.4) is 0 Å². The molecule has 0 bridgehead atoms. The van der Waals surface area contributed by atoms with E-state index in [2.05, 4.69) is 41.5 Å². The molecular weight excluding hydrogens is 296 g/mol. The van der Waals surface area contributed by atoms with Gasteiger partial charge in [-0.3, -0.25) is 0 Å². The fourth-order valence-corrected chi connectivity index (χ4v) is 3.97. The van der Waals surface area contributed by atoms with E-state index in [1.54, 1.807) is 12.1 Å². The second kappa shape index (κ2) is 6.33. The molecule has 124 valence electrons. The summed E-state index contributed by atoms with van der Waals surface area (Å²) in [6, 6.07) is 16.9. The summed E-state index contributed by atoms with van der Waals surface area (Å²) >= 11 is 0. The molecule has 0 spiro atoms. The molecule has 2 atom stereocenters. The van der Waals surface area contributed by atoms with E-state index in [0.717, 1.165) is 6.42 Å². The quantitative estimate of drug-likeness (QED) is 0.664. The van der Waals surface area contributed by atoms with Crippen LogP contribution in [0.1, 0.15) is 42.6 Å². The maximum atomic E-state index is 9.41. The second-order valence-corrected chi connectivity index (χ2v) is 6.95. The SMILES string of the molecule is CC(Cc1ccc(O)cc1)NC1CCCc2c1[nH]c1ccccc21. The minimum atomic E-state index is 0.328. The van der Waals surface area contributed by atoms with Crippen LogP contribution < -0.4 is 5.32 Å². The molecule has 3 heteroatoms. The average molecular weight is 320 g/mol. The first-order valence-corrected chi connectivity index (χ1v) is 8.84. The Balaban J connectivity index is 1.52. The number of H-pyrrole nitrogens is 1. The van der Waals surface area contributed by atoms with Crippen molar-refractivity contribution in [2.24, 2.45) is 0 Å². The van der Waals surface area contributed by atoms with E-state index < -0.39 is 0 Å². The van der Waals surface area contributed by atoms with E-state index in [-0.39, 0.29) is 0 Å². The summed E-state index contributed by atoms with van der Waals surface area (Å²) in [6.45, 7) is 2.24. The normalized spacial score (nSPS) is 18.5. The van der Waals surface area contributed by atoms with Crippen molar-refractivity contribution in [2.45, 2.75) is 44.7 Å². The number of phenols is 1. The molecular formula is C21H24N2O. The predicted octanol–water partition coefficient (Wildman–Crippen LogP) is 4.47. The van der Waals surface area contributed by atoms with Crippen LogP contribution >= 0.6 is 0 Å². The molecule has 0 saturated carbocycles. The van der Waals surface area contributed by atoms with Gasteiger partial charge >= 0.3 is 0 Å². The highest BCUT2D eigenvalue weighted by molar-refractivity contribution is 5.85. The predicted molar refractivity (Wildman–Crippen MR) is 98.4 cm³/mol. The van der Waals surface area contributed by atoms with Crippen LogP contribution in [0.5, 0.6) is 5.75 Å². The number of benzene rings is 2. The summed E-state index contributed by atoms with van der Waals surface area (Å²) < 4.78 is 0. The molecule has 2 unspecified atom stereocenters. The first-order valence-electron chi connectivity index (χ1n) is 8.84. The Labute approximate surface area is 142 Å². The zero-order chi connectivity index (χ0) is 16.5. The first kappa shape index (κ1) is 15.3. The summed E-state index contributed by atoms with van der Waals surface area (Å²) in [5, 5.41) is 14.6. The Morgan fingerprint density at radius 3 is 2.79 bits per heavy atom. The zero-order valence-corrected chi connectivity index (χ0v) is 14.0. The van der Waals surface area contributed by atoms with Gasteiger partial charge in [-0.25, -0.2) is 0 Å². The smallest absolute Gasteiger partial charge is 0.115 e. The number of aromatic amines is 1. The lowest BCUT2D eigenvalue weighted by molar-refractivity contribution is 0.402. The number of hydrogen-bond acceptors (Lipinski definition) is 2. The highest BCUT2D eigenvalue weighted by atomic mass is 16.3. The van der Waals surface area contributed by atoms with Gasteiger partial charge in [0.25, 0.3) is 0 Å². The number of aromatic nitrogens is 1. The molecule has 1 aliphatic carbocycles. The standard InChI is InChI=1S/C21H24N2O/c1-14(13-15-9-11-16(24)12-10-15)22-20-8-4-6-18-17-5-2-3-7-19(17)23-21(18)20/h2-3,5,7,9-12,14,20,22-24H,4,6,8,13H2,1H3. The van der Waals surface area contributed by atoms with Gasteiger partial charge in [0, 0.05) is 28.7 Å². The van der Waals surface area contributed by atoms with E-state index in [1.165, 1.54) is 47.0 Å². The van der Waals surface area contributed by atoms with Gasteiger partial charge < -0.3 is 15.4 Å². The van der Waals surface area contributed by atoms with Crippen molar-refractivity contribution in [3.63, 3.8) is 0 Å². The monoisotopic (exact) mass is 320 g/mol. The molecule has 4 rings (SSSR count). The fraction of sp³-hybridized carbons (Fsp3) is 0.333. The van der Waals surface area contributed by atoms with E-state index in [9.17, 15) is 5.11 Å². The van der Waals surface area contributed by atoms with Crippen LogP contribution in [0, 0.1) is 0 Å². The third kappa shape index (κ3) is 2.92. The van der Waals surface area contributed by atoms with Gasteiger partial charge in [-0.15, -0.1) is 0 Å². The number of rotatable bonds is 4. The molecule has 1 aliphatic rings. The number of nitrogens with one attached hydrogen (secondary N) is 2. The molecule has 0 radical (unpaired) electrons. The molecule has 24 heavy (non-hydrogen) atoms. The average Bonchev–Trinajstić information content (AvgIpc) is 2.97. The maximum absolute atomic E-state index is 9.41. The summed E-state index contributed by atoms with van der Waals surface area (Å²) in [7, 11) is 0. The number of para-hydroxylation sites is 1. The van der Waals surface area contributed by atoms with E-state index >= 15 is 0 Å². The van der Waals surface area contributed by atoms with Crippen LogP contribution in [0.2, 0.25) is 0 Å². The van der Waals surface area contributed by atoms with Crippen molar-refractivity contribution < 1.29 is 5.11 Å². The Hall–Kier alpha value is -2.26. The molecule has 1 heterocycles. The molecule has 0 amide bonds. The summed E-state index contributed by atoms with van der Waals surface area (Å²) in [4.78, 5) is 3.65. The Morgan fingerprint density at radius 2 is 1.96 bits per heavy atom. The highest BCUT2D eigenvalue weighted by Gasteiger charge is 2.25. The molecule has 1 aromatic heterocycles. The third-order valence-electron chi connectivity index (χ3n) is 5.08. The second-order valence-electron chi connectivity index (χ2n) is 6.95. The van der Waals surface area contributed by atoms with Crippen molar-refractivity contribution in [1.29, 1.82) is 0 Å². The molecule has 3 aromatic rings. The minimum Gasteiger partial charge on any atom is -0.508 e. The van der Waals surface area contributed by atoms with E-state index in [1.807, 2.05) is 12.1 Å². The van der Waals surface area contributed by atoms with Gasteiger partial charge in [-0.05, 0) is 61.9 Å². The van der Waals surface area contributed by atoms with Gasteiger partial charge in [-0.2, -0.15) is 0 Å². The molecule has 0 saturated heterocycles. The van der Waals surface area contributed by atoms with Crippen molar-refractivity contribution in [1.82, 2.24) is 10.3 Å². The summed E-state index contributed by atoms with van der Waals surface area (Å²) in [5.74, 6) is 0.328. The fourth-order valence-electron chi connectivity index (χ4n) is 3.97. The molecule has 0 fully saturated rings. The molecule has 2 aromatic carbocycles. The third-order valence-corrected chi connectivity index (χ3v) is 5.08. The van der Waals surface area contributed by atoms with Crippen LogP contribution in [0.15, 0.2) is 48.5 Å². The zero-order valence-electron chi connectivity index (χ0n) is 14.0. The summed E-state index contributed by atoms with van der Waals surface area (Å²) in [6.07, 6.45) is 4.55. The van der Waals surface area contributed by atoms with Crippen molar-refractivity contribution in [2.75, 3.05) is 0 Å².